The highest BCUT2D eigenvalue weighted by atomic mass is 15.1. The van der Waals surface area contributed by atoms with Crippen molar-refractivity contribution < 1.29 is 0 Å². The van der Waals surface area contributed by atoms with Crippen molar-refractivity contribution in [1.82, 2.24) is 15.2 Å². The number of pyridine rings is 1. The molecule has 0 bridgehead atoms. The molecule has 0 unspecified atom stereocenters. The number of likely N-dealkylation sites (N-methyl/N-ethyl adjacent to an activating group) is 1. The van der Waals surface area contributed by atoms with Crippen LogP contribution >= 0.6 is 0 Å². The molecule has 3 heteroatoms. The molecule has 0 spiro atoms. The van der Waals surface area contributed by atoms with E-state index in [2.05, 4.69) is 42.3 Å². The maximum absolute atomic E-state index is 5.10. The zero-order valence-electron chi connectivity index (χ0n) is 14.4. The van der Waals surface area contributed by atoms with E-state index < -0.39 is 0 Å². The van der Waals surface area contributed by atoms with Gasteiger partial charge in [-0.1, -0.05) is 32.0 Å². The first kappa shape index (κ1) is 15.1. The Morgan fingerprint density at radius 1 is 1.26 bits per heavy atom. The Hall–Kier alpha value is -1.45. The van der Waals surface area contributed by atoms with E-state index in [0.717, 1.165) is 45.1 Å². The van der Waals surface area contributed by atoms with E-state index in [-0.39, 0.29) is 0 Å². The van der Waals surface area contributed by atoms with Gasteiger partial charge in [-0.15, -0.1) is 0 Å². The van der Waals surface area contributed by atoms with Crippen LogP contribution < -0.4 is 5.32 Å². The average molecular weight is 309 g/mol. The van der Waals surface area contributed by atoms with Crippen LogP contribution in [0.3, 0.4) is 0 Å². The Morgan fingerprint density at radius 3 is 2.87 bits per heavy atom. The van der Waals surface area contributed by atoms with Crippen LogP contribution in [0, 0.1) is 0 Å². The van der Waals surface area contributed by atoms with Gasteiger partial charge in [-0.05, 0) is 42.5 Å². The van der Waals surface area contributed by atoms with Gasteiger partial charge in [0.2, 0.25) is 0 Å². The molecule has 1 saturated carbocycles. The van der Waals surface area contributed by atoms with Crippen molar-refractivity contribution in [3.8, 4) is 0 Å². The molecule has 0 amide bonds. The molecule has 0 radical (unpaired) electrons. The minimum absolute atomic E-state index is 0.745. The number of nitrogens with zero attached hydrogens (tertiary/aromatic N) is 2. The van der Waals surface area contributed by atoms with Crippen LogP contribution in [0.2, 0.25) is 0 Å². The summed E-state index contributed by atoms with van der Waals surface area (Å²) in [5, 5.41) is 5.11. The van der Waals surface area contributed by atoms with Crippen molar-refractivity contribution in [3.05, 3.63) is 40.6 Å². The van der Waals surface area contributed by atoms with Crippen molar-refractivity contribution in [1.29, 1.82) is 0 Å². The first-order chi connectivity index (χ1) is 11.3. The van der Waals surface area contributed by atoms with Crippen LogP contribution in [0.1, 0.15) is 49.1 Å². The Kier molecular flexibility index (Phi) is 4.08. The van der Waals surface area contributed by atoms with Crippen molar-refractivity contribution in [2.24, 2.45) is 0 Å². The molecule has 3 nitrogen and oxygen atoms in total. The maximum atomic E-state index is 5.10. The molecule has 2 heterocycles. The molecular formula is C20H27N3. The van der Waals surface area contributed by atoms with Crippen LogP contribution in [-0.2, 0) is 25.9 Å². The van der Waals surface area contributed by atoms with E-state index in [4.69, 9.17) is 4.98 Å². The summed E-state index contributed by atoms with van der Waals surface area (Å²) in [4.78, 5) is 7.65. The molecule has 1 aliphatic heterocycles. The lowest BCUT2D eigenvalue weighted by Crippen LogP contribution is -2.32. The first-order valence-corrected chi connectivity index (χ1v) is 9.18. The van der Waals surface area contributed by atoms with Crippen molar-refractivity contribution in [2.75, 3.05) is 13.1 Å². The SMILES string of the molecule is CCc1cccc2c(CNC3CC3)c3c(nc12)CCN(CC)C3. The number of fused-ring (bicyclic) bond motifs is 2. The fourth-order valence-corrected chi connectivity index (χ4v) is 3.76. The Bertz CT molecular complexity index is 718. The second-order valence-corrected chi connectivity index (χ2v) is 6.96. The monoisotopic (exact) mass is 309 g/mol. The topological polar surface area (TPSA) is 28.2 Å². The van der Waals surface area contributed by atoms with Gasteiger partial charge in [0, 0.05) is 43.2 Å². The zero-order valence-corrected chi connectivity index (χ0v) is 14.4. The van der Waals surface area contributed by atoms with Gasteiger partial charge in [0.1, 0.15) is 0 Å². The molecule has 23 heavy (non-hydrogen) atoms. The number of aromatic nitrogens is 1. The predicted octanol–water partition coefficient (Wildman–Crippen LogP) is 3.43. The Labute approximate surface area is 139 Å². The summed E-state index contributed by atoms with van der Waals surface area (Å²) in [7, 11) is 0. The van der Waals surface area contributed by atoms with Gasteiger partial charge < -0.3 is 5.32 Å². The van der Waals surface area contributed by atoms with Crippen LogP contribution in [0.25, 0.3) is 10.9 Å². The second-order valence-electron chi connectivity index (χ2n) is 6.96. The number of hydrogen-bond acceptors (Lipinski definition) is 3. The molecule has 2 aliphatic rings. The minimum atomic E-state index is 0.745. The zero-order chi connectivity index (χ0) is 15.8. The summed E-state index contributed by atoms with van der Waals surface area (Å²) in [5.41, 5.74) is 6.97. The van der Waals surface area contributed by atoms with Crippen LogP contribution in [0.4, 0.5) is 0 Å². The predicted molar refractivity (Wildman–Crippen MR) is 95.6 cm³/mol. The van der Waals surface area contributed by atoms with E-state index in [9.17, 15) is 0 Å². The molecule has 1 N–H and O–H groups in total. The molecule has 0 saturated heterocycles. The number of aryl methyl sites for hydroxylation is 1. The first-order valence-electron chi connectivity index (χ1n) is 9.18. The highest BCUT2D eigenvalue weighted by Crippen LogP contribution is 2.31. The third-order valence-corrected chi connectivity index (χ3v) is 5.42. The highest BCUT2D eigenvalue weighted by Gasteiger charge is 2.25. The highest BCUT2D eigenvalue weighted by molar-refractivity contribution is 5.86. The molecular weight excluding hydrogens is 282 g/mol. The summed E-state index contributed by atoms with van der Waals surface area (Å²) in [6, 6.07) is 7.46. The lowest BCUT2D eigenvalue weighted by Gasteiger charge is -2.30. The molecule has 1 aromatic carbocycles. The van der Waals surface area contributed by atoms with Gasteiger partial charge in [0.15, 0.2) is 0 Å². The Morgan fingerprint density at radius 2 is 2.13 bits per heavy atom. The lowest BCUT2D eigenvalue weighted by molar-refractivity contribution is 0.265. The Balaban J connectivity index is 1.84. The molecule has 0 atom stereocenters. The summed E-state index contributed by atoms with van der Waals surface area (Å²) >= 11 is 0. The quantitative estimate of drug-likeness (QED) is 0.917. The molecule has 1 aliphatic carbocycles. The third kappa shape index (κ3) is 2.88. The van der Waals surface area contributed by atoms with Crippen LogP contribution in [0.5, 0.6) is 0 Å². The fourth-order valence-electron chi connectivity index (χ4n) is 3.76. The van der Waals surface area contributed by atoms with Gasteiger partial charge in [0.25, 0.3) is 0 Å². The molecule has 122 valence electrons. The summed E-state index contributed by atoms with van der Waals surface area (Å²) in [5.74, 6) is 0. The molecule has 1 aromatic heterocycles. The fraction of sp³-hybridized carbons (Fsp3) is 0.550. The summed E-state index contributed by atoms with van der Waals surface area (Å²) in [6.45, 7) is 8.82. The molecule has 4 rings (SSSR count). The van der Waals surface area contributed by atoms with E-state index in [0.29, 0.717) is 0 Å². The molecule has 2 aromatic rings. The standard InChI is InChI=1S/C20H27N3/c1-3-14-6-5-7-16-17(12-21-15-8-9-15)18-13-23(4-2)11-10-19(18)22-20(14)16/h5-7,15,21H,3-4,8-13H2,1-2H3. The van der Waals surface area contributed by atoms with E-state index >= 15 is 0 Å². The number of benzene rings is 1. The minimum Gasteiger partial charge on any atom is -0.310 e. The third-order valence-electron chi connectivity index (χ3n) is 5.42. The summed E-state index contributed by atoms with van der Waals surface area (Å²) in [6.07, 6.45) is 4.83. The number of hydrogen-bond donors (Lipinski definition) is 1. The van der Waals surface area contributed by atoms with Gasteiger partial charge >= 0.3 is 0 Å². The number of rotatable bonds is 5. The van der Waals surface area contributed by atoms with Crippen LogP contribution in [0.15, 0.2) is 18.2 Å². The van der Waals surface area contributed by atoms with Crippen LogP contribution in [-0.4, -0.2) is 29.0 Å². The number of nitrogens with one attached hydrogen (secondary N) is 1. The lowest BCUT2D eigenvalue weighted by atomic mass is 9.94. The van der Waals surface area contributed by atoms with Crippen molar-refractivity contribution >= 4 is 10.9 Å². The van der Waals surface area contributed by atoms with Gasteiger partial charge in [-0.3, -0.25) is 9.88 Å². The van der Waals surface area contributed by atoms with E-state index in [1.54, 1.807) is 0 Å². The molecule has 1 fully saturated rings. The largest absolute Gasteiger partial charge is 0.310 e. The summed E-state index contributed by atoms with van der Waals surface area (Å²) < 4.78 is 0. The smallest absolute Gasteiger partial charge is 0.0740 e. The van der Waals surface area contributed by atoms with E-state index in [1.165, 1.54) is 46.1 Å². The average Bonchev–Trinajstić information content (AvgIpc) is 3.42. The number of para-hydroxylation sites is 1. The van der Waals surface area contributed by atoms with E-state index in [1.807, 2.05) is 0 Å². The van der Waals surface area contributed by atoms with Gasteiger partial charge in [-0.25, -0.2) is 0 Å². The second kappa shape index (κ2) is 6.21. The maximum Gasteiger partial charge on any atom is 0.0740 e. The normalized spacial score (nSPS) is 18.3. The van der Waals surface area contributed by atoms with Crippen molar-refractivity contribution in [3.63, 3.8) is 0 Å². The van der Waals surface area contributed by atoms with Gasteiger partial charge in [0.05, 0.1) is 5.52 Å². The van der Waals surface area contributed by atoms with Gasteiger partial charge in [-0.2, -0.15) is 0 Å². The van der Waals surface area contributed by atoms with Crippen molar-refractivity contribution in [2.45, 2.75) is 58.7 Å².